The zero-order valence-electron chi connectivity index (χ0n) is 14.2. The number of azo groups is 1. The molecule has 0 amide bonds. The first-order chi connectivity index (χ1) is 12.1. The Morgan fingerprint density at radius 1 is 1.00 bits per heavy atom. The normalized spacial score (nSPS) is 11.0. The second-order valence-corrected chi connectivity index (χ2v) is 5.55. The van der Waals surface area contributed by atoms with Gasteiger partial charge in [0.05, 0.1) is 22.9 Å². The molecule has 2 aromatic carbocycles. The summed E-state index contributed by atoms with van der Waals surface area (Å²) in [4.78, 5) is 12.3. The summed E-state index contributed by atoms with van der Waals surface area (Å²) in [7, 11) is 0. The van der Waals surface area contributed by atoms with E-state index in [2.05, 4.69) is 22.1 Å². The topological polar surface area (TPSA) is 91.3 Å². The van der Waals surface area contributed by atoms with Crippen LogP contribution in [0.4, 0.5) is 22.7 Å². The van der Waals surface area contributed by atoms with E-state index in [-0.39, 0.29) is 12.3 Å². The van der Waals surface area contributed by atoms with E-state index in [0.717, 1.165) is 25.1 Å². The molecule has 7 nitrogen and oxygen atoms in total. The predicted molar refractivity (Wildman–Crippen MR) is 97.9 cm³/mol. The van der Waals surface area contributed by atoms with Crippen LogP contribution in [0, 0.1) is 10.1 Å². The SMILES string of the molecule is CCCCN(CCO)c1ccc(/N=N/c2ccc([N+](=O)[O-])cc2)cc1. The molecule has 7 heteroatoms. The maximum absolute atomic E-state index is 10.6. The summed E-state index contributed by atoms with van der Waals surface area (Å²) in [5.74, 6) is 0. The van der Waals surface area contributed by atoms with Crippen LogP contribution in [0.1, 0.15) is 19.8 Å². The minimum absolute atomic E-state index is 0.0272. The second kappa shape index (κ2) is 9.48. The molecule has 0 saturated carbocycles. The highest BCUT2D eigenvalue weighted by Gasteiger charge is 2.06. The minimum atomic E-state index is -0.448. The number of hydrogen-bond acceptors (Lipinski definition) is 6. The molecule has 0 aliphatic rings. The summed E-state index contributed by atoms with van der Waals surface area (Å²) in [6.07, 6.45) is 2.17. The number of nitro groups is 1. The van der Waals surface area contributed by atoms with Crippen molar-refractivity contribution in [2.45, 2.75) is 19.8 Å². The number of nitrogens with zero attached hydrogens (tertiary/aromatic N) is 4. The summed E-state index contributed by atoms with van der Waals surface area (Å²) >= 11 is 0. The van der Waals surface area contributed by atoms with Gasteiger partial charge in [0.2, 0.25) is 0 Å². The van der Waals surface area contributed by atoms with E-state index in [1.54, 1.807) is 12.1 Å². The fourth-order valence-electron chi connectivity index (χ4n) is 2.33. The zero-order valence-corrected chi connectivity index (χ0v) is 14.2. The molecule has 2 rings (SSSR count). The first-order valence-electron chi connectivity index (χ1n) is 8.26. The Morgan fingerprint density at radius 3 is 2.04 bits per heavy atom. The highest BCUT2D eigenvalue weighted by atomic mass is 16.6. The molecule has 0 unspecified atom stereocenters. The van der Waals surface area contributed by atoms with Crippen LogP contribution in [0.3, 0.4) is 0 Å². The van der Waals surface area contributed by atoms with Crippen molar-refractivity contribution in [1.29, 1.82) is 0 Å². The molecule has 0 saturated heterocycles. The molecule has 0 radical (unpaired) electrons. The molecule has 0 aliphatic heterocycles. The zero-order chi connectivity index (χ0) is 18.1. The molecule has 0 heterocycles. The van der Waals surface area contributed by atoms with E-state index < -0.39 is 4.92 Å². The van der Waals surface area contributed by atoms with Crippen LogP contribution in [-0.2, 0) is 0 Å². The number of benzene rings is 2. The Morgan fingerprint density at radius 2 is 1.56 bits per heavy atom. The molecule has 0 bridgehead atoms. The third-order valence-electron chi connectivity index (χ3n) is 3.71. The fourth-order valence-corrected chi connectivity index (χ4v) is 2.33. The average Bonchev–Trinajstić information content (AvgIpc) is 2.64. The van der Waals surface area contributed by atoms with Gasteiger partial charge in [0.15, 0.2) is 0 Å². The van der Waals surface area contributed by atoms with Crippen molar-refractivity contribution >= 4 is 22.7 Å². The van der Waals surface area contributed by atoms with Crippen molar-refractivity contribution in [2.75, 3.05) is 24.6 Å². The monoisotopic (exact) mass is 342 g/mol. The smallest absolute Gasteiger partial charge is 0.269 e. The van der Waals surface area contributed by atoms with E-state index in [1.807, 2.05) is 24.3 Å². The Kier molecular flexibility index (Phi) is 7.03. The fraction of sp³-hybridized carbons (Fsp3) is 0.333. The standard InChI is InChI=1S/C18H22N4O3/c1-2-3-12-21(13-14-23)17-8-4-15(5-9-17)19-20-16-6-10-18(11-7-16)22(24)25/h4-11,23H,2-3,12-14H2,1H3/b20-19+. The quantitative estimate of drug-likeness (QED) is 0.409. The second-order valence-electron chi connectivity index (χ2n) is 5.55. The van der Waals surface area contributed by atoms with E-state index in [1.165, 1.54) is 12.1 Å². The van der Waals surface area contributed by atoms with Crippen molar-refractivity contribution in [3.8, 4) is 0 Å². The molecule has 0 aromatic heterocycles. The number of aliphatic hydroxyl groups is 1. The van der Waals surface area contributed by atoms with Gasteiger partial charge in [0, 0.05) is 30.9 Å². The summed E-state index contributed by atoms with van der Waals surface area (Å²) in [5, 5.41) is 28.1. The molecule has 2 aromatic rings. The maximum atomic E-state index is 10.6. The Labute approximate surface area is 146 Å². The molecule has 25 heavy (non-hydrogen) atoms. The van der Waals surface area contributed by atoms with Gasteiger partial charge in [-0.25, -0.2) is 0 Å². The van der Waals surface area contributed by atoms with Gasteiger partial charge in [0.25, 0.3) is 5.69 Å². The first kappa shape index (κ1) is 18.5. The van der Waals surface area contributed by atoms with Gasteiger partial charge < -0.3 is 10.0 Å². The number of rotatable bonds is 9. The maximum Gasteiger partial charge on any atom is 0.269 e. The highest BCUT2D eigenvalue weighted by molar-refractivity contribution is 5.53. The van der Waals surface area contributed by atoms with Gasteiger partial charge in [0.1, 0.15) is 0 Å². The van der Waals surface area contributed by atoms with Gasteiger partial charge in [-0.05, 0) is 42.8 Å². The van der Waals surface area contributed by atoms with Crippen LogP contribution >= 0.6 is 0 Å². The summed E-state index contributed by atoms with van der Waals surface area (Å²) in [6, 6.07) is 13.6. The summed E-state index contributed by atoms with van der Waals surface area (Å²) < 4.78 is 0. The molecule has 0 atom stereocenters. The molecule has 0 fully saturated rings. The van der Waals surface area contributed by atoms with Crippen LogP contribution in [0.25, 0.3) is 0 Å². The highest BCUT2D eigenvalue weighted by Crippen LogP contribution is 2.23. The lowest BCUT2D eigenvalue weighted by Gasteiger charge is -2.23. The van der Waals surface area contributed by atoms with Gasteiger partial charge in [-0.3, -0.25) is 10.1 Å². The summed E-state index contributed by atoms with van der Waals surface area (Å²) in [6.45, 7) is 3.76. The number of aliphatic hydroxyl groups excluding tert-OH is 1. The van der Waals surface area contributed by atoms with E-state index in [4.69, 9.17) is 0 Å². The van der Waals surface area contributed by atoms with Crippen molar-refractivity contribution in [1.82, 2.24) is 0 Å². The van der Waals surface area contributed by atoms with Crippen LogP contribution in [0.15, 0.2) is 58.8 Å². The first-order valence-corrected chi connectivity index (χ1v) is 8.26. The lowest BCUT2D eigenvalue weighted by Crippen LogP contribution is -2.27. The third-order valence-corrected chi connectivity index (χ3v) is 3.71. The molecular formula is C18H22N4O3. The molecular weight excluding hydrogens is 320 g/mol. The lowest BCUT2D eigenvalue weighted by molar-refractivity contribution is -0.384. The number of unbranched alkanes of at least 4 members (excludes halogenated alkanes) is 1. The Balaban J connectivity index is 2.04. The molecule has 0 aliphatic carbocycles. The van der Waals surface area contributed by atoms with Crippen molar-refractivity contribution < 1.29 is 10.0 Å². The molecule has 1 N–H and O–H groups in total. The van der Waals surface area contributed by atoms with Crippen molar-refractivity contribution in [3.05, 3.63) is 58.6 Å². The molecule has 0 spiro atoms. The minimum Gasteiger partial charge on any atom is -0.395 e. The van der Waals surface area contributed by atoms with Crippen LogP contribution in [0.2, 0.25) is 0 Å². The summed E-state index contributed by atoms with van der Waals surface area (Å²) in [5.41, 5.74) is 2.32. The van der Waals surface area contributed by atoms with Gasteiger partial charge in [-0.1, -0.05) is 13.3 Å². The van der Waals surface area contributed by atoms with Crippen LogP contribution in [-0.4, -0.2) is 29.7 Å². The Hall–Kier alpha value is -2.80. The number of nitro benzene ring substituents is 1. The van der Waals surface area contributed by atoms with E-state index in [9.17, 15) is 15.2 Å². The Bertz CT molecular complexity index is 699. The van der Waals surface area contributed by atoms with Gasteiger partial charge in [-0.2, -0.15) is 10.2 Å². The van der Waals surface area contributed by atoms with E-state index in [0.29, 0.717) is 17.9 Å². The van der Waals surface area contributed by atoms with Crippen LogP contribution in [0.5, 0.6) is 0 Å². The number of hydrogen-bond donors (Lipinski definition) is 1. The number of anilines is 1. The number of non-ortho nitro benzene ring substituents is 1. The third kappa shape index (κ3) is 5.65. The van der Waals surface area contributed by atoms with Crippen LogP contribution < -0.4 is 4.90 Å². The van der Waals surface area contributed by atoms with E-state index >= 15 is 0 Å². The van der Waals surface area contributed by atoms with Gasteiger partial charge in [-0.15, -0.1) is 0 Å². The van der Waals surface area contributed by atoms with Crippen molar-refractivity contribution in [3.63, 3.8) is 0 Å². The predicted octanol–water partition coefficient (Wildman–Crippen LogP) is 4.61. The average molecular weight is 342 g/mol. The largest absolute Gasteiger partial charge is 0.395 e. The molecule has 132 valence electrons. The van der Waals surface area contributed by atoms with Gasteiger partial charge >= 0.3 is 0 Å². The lowest BCUT2D eigenvalue weighted by atomic mass is 10.2. The van der Waals surface area contributed by atoms with Crippen molar-refractivity contribution in [2.24, 2.45) is 10.2 Å².